The molecular weight excluding hydrogens is 342 g/mol. The van der Waals surface area contributed by atoms with E-state index in [9.17, 15) is 0 Å². The highest BCUT2D eigenvalue weighted by Gasteiger charge is 2.10. The normalized spacial score (nSPS) is 10.9. The summed E-state index contributed by atoms with van der Waals surface area (Å²) in [6.07, 6.45) is 1.62. The number of ether oxygens (including phenoxy) is 1. The van der Waals surface area contributed by atoms with Gasteiger partial charge >= 0.3 is 0 Å². The number of H-pyrrole nitrogens is 1. The Morgan fingerprint density at radius 3 is 3.00 bits per heavy atom. The molecule has 0 spiro atoms. The second-order valence-electron chi connectivity index (χ2n) is 3.91. The Morgan fingerprint density at radius 1 is 1.35 bits per heavy atom. The van der Waals surface area contributed by atoms with Crippen LogP contribution in [0.1, 0.15) is 0 Å². The average Bonchev–Trinajstić information content (AvgIpc) is 2.84. The van der Waals surface area contributed by atoms with Crippen molar-refractivity contribution in [3.05, 3.63) is 28.9 Å². The molecule has 20 heavy (non-hydrogen) atoms. The second kappa shape index (κ2) is 5.29. The van der Waals surface area contributed by atoms with Crippen LogP contribution >= 0.6 is 27.7 Å². The second-order valence-corrected chi connectivity index (χ2v) is 5.74. The smallest absolute Gasteiger partial charge is 0.221 e. The van der Waals surface area contributed by atoms with E-state index in [0.29, 0.717) is 5.03 Å². The molecule has 0 saturated heterocycles. The quantitative estimate of drug-likeness (QED) is 0.705. The van der Waals surface area contributed by atoms with Crippen LogP contribution in [0, 0.1) is 0 Å². The molecule has 0 fully saturated rings. The number of hydrogen-bond acceptors (Lipinski definition) is 6. The summed E-state index contributed by atoms with van der Waals surface area (Å²) in [7, 11) is 1.63. The first-order valence-corrected chi connectivity index (χ1v) is 7.26. The summed E-state index contributed by atoms with van der Waals surface area (Å²) in [5, 5.41) is 1.44. The molecule has 0 aliphatic carbocycles. The number of fused-ring (bicyclic) bond motifs is 1. The van der Waals surface area contributed by atoms with Crippen molar-refractivity contribution in [3.63, 3.8) is 0 Å². The standard InChI is InChI=1S/C12H10BrN5OS/c1-19-6-2-3-8-9(4-6)17-12(16-8)20-10-7(13)5-15-11(14)18-10/h2-5H,1H3,(H,16,17)(H2,14,15,18). The Bertz CT molecular complexity index is 776. The third kappa shape index (κ3) is 2.56. The topological polar surface area (TPSA) is 89.7 Å². The predicted octanol–water partition coefficient (Wildman–Crippen LogP) is 2.86. The maximum absolute atomic E-state index is 5.59. The van der Waals surface area contributed by atoms with Gasteiger partial charge in [-0.15, -0.1) is 0 Å². The first-order chi connectivity index (χ1) is 9.65. The van der Waals surface area contributed by atoms with Gasteiger partial charge in [0, 0.05) is 12.3 Å². The molecule has 0 unspecified atom stereocenters. The molecule has 1 aromatic carbocycles. The van der Waals surface area contributed by atoms with E-state index in [2.05, 4.69) is 35.9 Å². The van der Waals surface area contributed by atoms with Gasteiger partial charge in [-0.05, 0) is 39.8 Å². The third-order valence-corrected chi connectivity index (χ3v) is 4.33. The minimum atomic E-state index is 0.230. The number of hydrogen-bond donors (Lipinski definition) is 2. The van der Waals surface area contributed by atoms with E-state index < -0.39 is 0 Å². The van der Waals surface area contributed by atoms with Gasteiger partial charge in [-0.25, -0.2) is 15.0 Å². The minimum absolute atomic E-state index is 0.230. The SMILES string of the molecule is COc1ccc2nc(Sc3nc(N)ncc3Br)[nH]c2c1. The molecule has 3 rings (SSSR count). The number of imidazole rings is 1. The van der Waals surface area contributed by atoms with Crippen molar-refractivity contribution in [1.82, 2.24) is 19.9 Å². The number of halogens is 1. The van der Waals surface area contributed by atoms with Crippen molar-refractivity contribution in [3.8, 4) is 5.75 Å². The summed E-state index contributed by atoms with van der Waals surface area (Å²) >= 11 is 4.77. The highest BCUT2D eigenvalue weighted by Crippen LogP contribution is 2.31. The van der Waals surface area contributed by atoms with Gasteiger partial charge in [0.25, 0.3) is 0 Å². The van der Waals surface area contributed by atoms with E-state index in [-0.39, 0.29) is 5.95 Å². The molecule has 0 aliphatic heterocycles. The van der Waals surface area contributed by atoms with Crippen LogP contribution in [0.25, 0.3) is 11.0 Å². The lowest BCUT2D eigenvalue weighted by Gasteiger charge is -2.00. The lowest BCUT2D eigenvalue weighted by atomic mass is 10.3. The molecule has 0 aliphatic rings. The van der Waals surface area contributed by atoms with E-state index in [1.807, 2.05) is 18.2 Å². The molecule has 0 atom stereocenters. The Hall–Kier alpha value is -1.80. The zero-order chi connectivity index (χ0) is 14.1. The van der Waals surface area contributed by atoms with E-state index in [4.69, 9.17) is 10.5 Å². The third-order valence-electron chi connectivity index (χ3n) is 2.59. The summed E-state index contributed by atoms with van der Waals surface area (Å²) < 4.78 is 5.96. The van der Waals surface area contributed by atoms with Gasteiger partial charge in [0.15, 0.2) is 5.16 Å². The van der Waals surface area contributed by atoms with Crippen LogP contribution in [-0.2, 0) is 0 Å². The van der Waals surface area contributed by atoms with Gasteiger partial charge in [0.2, 0.25) is 5.95 Å². The molecule has 3 aromatic rings. The number of nitrogen functional groups attached to an aromatic ring is 1. The van der Waals surface area contributed by atoms with Crippen molar-refractivity contribution < 1.29 is 4.74 Å². The highest BCUT2D eigenvalue weighted by atomic mass is 79.9. The number of nitrogens with one attached hydrogen (secondary N) is 1. The van der Waals surface area contributed by atoms with Crippen LogP contribution in [0.2, 0.25) is 0 Å². The molecule has 2 heterocycles. The van der Waals surface area contributed by atoms with Gasteiger partial charge < -0.3 is 15.5 Å². The number of nitrogens with two attached hydrogens (primary N) is 1. The van der Waals surface area contributed by atoms with Crippen LogP contribution < -0.4 is 10.5 Å². The van der Waals surface area contributed by atoms with Crippen molar-refractivity contribution in [2.45, 2.75) is 10.2 Å². The van der Waals surface area contributed by atoms with E-state index in [0.717, 1.165) is 26.4 Å². The predicted molar refractivity (Wildman–Crippen MR) is 80.9 cm³/mol. The molecule has 0 saturated carbocycles. The number of nitrogens with zero attached hydrogens (tertiary/aromatic N) is 3. The lowest BCUT2D eigenvalue weighted by Crippen LogP contribution is -1.95. The molecule has 0 amide bonds. The number of anilines is 1. The van der Waals surface area contributed by atoms with Gasteiger partial charge in [-0.1, -0.05) is 0 Å². The summed E-state index contributed by atoms with van der Waals surface area (Å²) in [6.45, 7) is 0. The Kier molecular flexibility index (Phi) is 3.49. The highest BCUT2D eigenvalue weighted by molar-refractivity contribution is 9.10. The van der Waals surface area contributed by atoms with Crippen LogP contribution in [0.15, 0.2) is 39.1 Å². The summed E-state index contributed by atoms with van der Waals surface area (Å²) in [4.78, 5) is 15.8. The van der Waals surface area contributed by atoms with Gasteiger partial charge in [0.05, 0.1) is 22.6 Å². The number of rotatable bonds is 3. The van der Waals surface area contributed by atoms with Gasteiger partial charge in [-0.2, -0.15) is 0 Å². The summed E-state index contributed by atoms with van der Waals surface area (Å²) in [5.74, 6) is 1.01. The van der Waals surface area contributed by atoms with Gasteiger partial charge in [-0.3, -0.25) is 0 Å². The van der Waals surface area contributed by atoms with E-state index >= 15 is 0 Å². The minimum Gasteiger partial charge on any atom is -0.497 e. The van der Waals surface area contributed by atoms with E-state index in [1.165, 1.54) is 11.8 Å². The monoisotopic (exact) mass is 351 g/mol. The van der Waals surface area contributed by atoms with Crippen molar-refractivity contribution in [2.75, 3.05) is 12.8 Å². The van der Waals surface area contributed by atoms with E-state index in [1.54, 1.807) is 13.3 Å². The first kappa shape index (κ1) is 13.2. The summed E-state index contributed by atoms with van der Waals surface area (Å²) in [6, 6.07) is 5.67. The van der Waals surface area contributed by atoms with Crippen molar-refractivity contribution in [1.29, 1.82) is 0 Å². The maximum Gasteiger partial charge on any atom is 0.221 e. The van der Waals surface area contributed by atoms with Crippen LogP contribution in [0.5, 0.6) is 5.75 Å². The molecule has 3 N–H and O–H groups in total. The number of aromatic amines is 1. The van der Waals surface area contributed by atoms with Crippen molar-refractivity contribution in [2.24, 2.45) is 0 Å². The van der Waals surface area contributed by atoms with Gasteiger partial charge in [0.1, 0.15) is 10.8 Å². The fraction of sp³-hybridized carbons (Fsp3) is 0.0833. The zero-order valence-corrected chi connectivity index (χ0v) is 12.8. The number of aromatic nitrogens is 4. The van der Waals surface area contributed by atoms with Crippen LogP contribution in [0.4, 0.5) is 5.95 Å². The average molecular weight is 352 g/mol. The Morgan fingerprint density at radius 2 is 2.20 bits per heavy atom. The number of benzene rings is 1. The molecule has 102 valence electrons. The zero-order valence-electron chi connectivity index (χ0n) is 10.4. The fourth-order valence-corrected chi connectivity index (χ4v) is 2.88. The summed E-state index contributed by atoms with van der Waals surface area (Å²) in [5.41, 5.74) is 7.37. The molecule has 0 bridgehead atoms. The fourth-order valence-electron chi connectivity index (χ4n) is 1.67. The van der Waals surface area contributed by atoms with Crippen LogP contribution in [0.3, 0.4) is 0 Å². The molecule has 2 aromatic heterocycles. The molecule has 6 nitrogen and oxygen atoms in total. The molecule has 0 radical (unpaired) electrons. The Labute approximate surface area is 127 Å². The number of methoxy groups -OCH3 is 1. The molecular formula is C12H10BrN5OS. The maximum atomic E-state index is 5.59. The largest absolute Gasteiger partial charge is 0.497 e. The first-order valence-electron chi connectivity index (χ1n) is 5.65. The molecule has 8 heteroatoms. The van der Waals surface area contributed by atoms with Crippen LogP contribution in [-0.4, -0.2) is 27.0 Å². The Balaban J connectivity index is 1.96. The van der Waals surface area contributed by atoms with Crippen molar-refractivity contribution >= 4 is 44.7 Å². The lowest BCUT2D eigenvalue weighted by molar-refractivity contribution is 0.415.